The molecule has 0 bridgehead atoms. The average molecular weight is 577 g/mol. The standard InChI is InChI=1S/C23H30ClFN4O6S2/c1-22(2,3)34-20(30)28-8-7-14(11-28)27-17-10-16(25)18(9-15(17)24)37(32,33)29(19-12-36-13-26-19)21(31)35-23(4,5)6/h9-10,12-14,27H,7-8,11H2,1-6H3. The van der Waals surface area contributed by atoms with Gasteiger partial charge in [-0.25, -0.2) is 27.4 Å². The molecule has 1 unspecified atom stereocenters. The molecule has 1 aliphatic heterocycles. The van der Waals surface area contributed by atoms with Crippen LogP contribution in [0.1, 0.15) is 48.0 Å². The molecule has 14 heteroatoms. The van der Waals surface area contributed by atoms with Crippen molar-refractivity contribution in [3.05, 3.63) is 33.9 Å². The number of hydrogen-bond donors (Lipinski definition) is 1. The number of thiazole rings is 1. The van der Waals surface area contributed by atoms with E-state index in [1.807, 2.05) is 0 Å². The van der Waals surface area contributed by atoms with Crippen LogP contribution in [0.15, 0.2) is 27.9 Å². The largest absolute Gasteiger partial charge is 0.444 e. The molecule has 0 aliphatic carbocycles. The molecule has 2 aromatic rings. The van der Waals surface area contributed by atoms with E-state index in [0.717, 1.165) is 23.5 Å². The van der Waals surface area contributed by atoms with E-state index < -0.39 is 44.1 Å². The third-order valence-corrected chi connectivity index (χ3v) is 7.50. The minimum absolute atomic E-state index is 0.0851. The maximum absolute atomic E-state index is 15.2. The number of anilines is 2. The first kappa shape index (κ1) is 28.9. The molecule has 1 aliphatic rings. The molecule has 1 atom stereocenters. The highest BCUT2D eigenvalue weighted by atomic mass is 35.5. The quantitative estimate of drug-likeness (QED) is 0.496. The van der Waals surface area contributed by atoms with Gasteiger partial charge in [-0.2, -0.15) is 0 Å². The molecule has 204 valence electrons. The first-order valence-electron chi connectivity index (χ1n) is 11.4. The van der Waals surface area contributed by atoms with E-state index >= 15 is 4.39 Å². The van der Waals surface area contributed by atoms with Crippen molar-refractivity contribution >= 4 is 56.7 Å². The van der Waals surface area contributed by atoms with Crippen LogP contribution in [0.4, 0.5) is 25.5 Å². The first-order chi connectivity index (χ1) is 17.0. The van der Waals surface area contributed by atoms with Gasteiger partial charge >= 0.3 is 12.2 Å². The number of nitrogens with one attached hydrogen (secondary N) is 1. The second-order valence-corrected chi connectivity index (χ2v) is 13.3. The normalized spacial score (nSPS) is 16.4. The summed E-state index contributed by atoms with van der Waals surface area (Å²) in [7, 11) is -4.78. The highest BCUT2D eigenvalue weighted by Crippen LogP contribution is 2.33. The van der Waals surface area contributed by atoms with Crippen LogP contribution < -0.4 is 9.62 Å². The summed E-state index contributed by atoms with van der Waals surface area (Å²) < 4.78 is 53.0. The Bertz CT molecular complexity index is 1260. The number of carbonyl (C=O) groups excluding carboxylic acids is 2. The molecule has 1 saturated heterocycles. The SMILES string of the molecule is CC(C)(C)OC(=O)N1CCC(Nc2cc(F)c(S(=O)(=O)N(C(=O)OC(C)(C)C)c3cscn3)cc2Cl)C1. The van der Waals surface area contributed by atoms with Gasteiger partial charge in [0.15, 0.2) is 5.82 Å². The summed E-state index contributed by atoms with van der Waals surface area (Å²) in [6, 6.07) is 1.61. The zero-order valence-corrected chi connectivity index (χ0v) is 23.8. The highest BCUT2D eigenvalue weighted by Gasteiger charge is 2.38. The number of halogens is 2. The van der Waals surface area contributed by atoms with Crippen molar-refractivity contribution in [3.8, 4) is 0 Å². The molecule has 1 fully saturated rings. The van der Waals surface area contributed by atoms with Crippen LogP contribution in [0, 0.1) is 5.82 Å². The number of rotatable bonds is 5. The molecular weight excluding hydrogens is 547 g/mol. The van der Waals surface area contributed by atoms with Crippen LogP contribution >= 0.6 is 22.9 Å². The van der Waals surface area contributed by atoms with E-state index in [0.29, 0.717) is 23.8 Å². The number of amides is 2. The Morgan fingerprint density at radius 2 is 1.84 bits per heavy atom. The Kier molecular flexibility index (Phi) is 8.30. The third kappa shape index (κ3) is 7.23. The van der Waals surface area contributed by atoms with Crippen LogP contribution in [-0.2, 0) is 19.5 Å². The van der Waals surface area contributed by atoms with Crippen molar-refractivity contribution in [1.82, 2.24) is 9.88 Å². The summed E-state index contributed by atoms with van der Waals surface area (Å²) in [5.41, 5.74) is -0.172. The Morgan fingerprint density at radius 3 is 2.41 bits per heavy atom. The fourth-order valence-electron chi connectivity index (χ4n) is 3.45. The van der Waals surface area contributed by atoms with Gasteiger partial charge in [-0.15, -0.1) is 15.6 Å². The lowest BCUT2D eigenvalue weighted by atomic mass is 10.2. The molecule has 1 aromatic carbocycles. The summed E-state index contributed by atoms with van der Waals surface area (Å²) in [6.45, 7) is 10.7. The number of aromatic nitrogens is 1. The first-order valence-corrected chi connectivity index (χ1v) is 14.1. The van der Waals surface area contributed by atoms with Crippen molar-refractivity contribution in [3.63, 3.8) is 0 Å². The van der Waals surface area contributed by atoms with Gasteiger partial charge in [-0.3, -0.25) is 0 Å². The topological polar surface area (TPSA) is 118 Å². The van der Waals surface area contributed by atoms with Crippen molar-refractivity contribution in [2.24, 2.45) is 0 Å². The maximum Gasteiger partial charge on any atom is 0.430 e. The summed E-state index contributed by atoms with van der Waals surface area (Å²) in [4.78, 5) is 29.7. The maximum atomic E-state index is 15.2. The van der Waals surface area contributed by atoms with E-state index in [4.69, 9.17) is 21.1 Å². The minimum Gasteiger partial charge on any atom is -0.444 e. The van der Waals surface area contributed by atoms with Gasteiger partial charge in [0.1, 0.15) is 21.9 Å². The molecule has 0 radical (unpaired) electrons. The molecule has 1 N–H and O–H groups in total. The summed E-state index contributed by atoms with van der Waals surface area (Å²) >= 11 is 7.40. The second-order valence-electron chi connectivity index (χ2n) is 10.4. The fraction of sp³-hybridized carbons (Fsp3) is 0.522. The van der Waals surface area contributed by atoms with E-state index in [1.54, 1.807) is 41.5 Å². The van der Waals surface area contributed by atoms with Crippen LogP contribution in [0.5, 0.6) is 0 Å². The Morgan fingerprint density at radius 1 is 1.19 bits per heavy atom. The minimum atomic E-state index is -4.78. The molecule has 0 spiro atoms. The number of hydrogen-bond acceptors (Lipinski definition) is 9. The van der Waals surface area contributed by atoms with Gasteiger partial charge in [0.05, 0.1) is 16.2 Å². The van der Waals surface area contributed by atoms with Crippen LogP contribution in [0.2, 0.25) is 5.02 Å². The zero-order valence-electron chi connectivity index (χ0n) is 21.4. The van der Waals surface area contributed by atoms with Crippen molar-refractivity contribution in [2.75, 3.05) is 22.7 Å². The van der Waals surface area contributed by atoms with Gasteiger partial charge in [0.2, 0.25) is 0 Å². The molecular formula is C23H30ClFN4O6S2. The molecule has 2 heterocycles. The predicted molar refractivity (Wildman–Crippen MR) is 139 cm³/mol. The lowest BCUT2D eigenvalue weighted by Gasteiger charge is -2.26. The van der Waals surface area contributed by atoms with Crippen LogP contribution in [0.25, 0.3) is 0 Å². The average Bonchev–Trinajstić information content (AvgIpc) is 3.40. The van der Waals surface area contributed by atoms with Crippen molar-refractivity contribution < 1.29 is 31.9 Å². The number of sulfonamides is 1. The lowest BCUT2D eigenvalue weighted by Crippen LogP contribution is -2.41. The fourth-order valence-corrected chi connectivity index (χ4v) is 5.67. The molecule has 2 amide bonds. The molecule has 3 rings (SSSR count). The smallest absolute Gasteiger partial charge is 0.430 e. The molecule has 0 saturated carbocycles. The van der Waals surface area contributed by atoms with E-state index in [1.165, 1.54) is 15.8 Å². The monoisotopic (exact) mass is 576 g/mol. The van der Waals surface area contributed by atoms with Gasteiger partial charge in [0, 0.05) is 24.5 Å². The highest BCUT2D eigenvalue weighted by molar-refractivity contribution is 7.93. The second kappa shape index (κ2) is 10.6. The van der Waals surface area contributed by atoms with E-state index in [2.05, 4.69) is 10.3 Å². The van der Waals surface area contributed by atoms with Gasteiger partial charge in [0.25, 0.3) is 10.0 Å². The van der Waals surface area contributed by atoms with Crippen LogP contribution in [-0.4, -0.2) is 60.8 Å². The Labute approximate surface area is 224 Å². The zero-order chi connectivity index (χ0) is 27.8. The number of nitrogens with zero attached hydrogens (tertiary/aromatic N) is 3. The summed E-state index contributed by atoms with van der Waals surface area (Å²) in [5, 5.41) is 4.30. The summed E-state index contributed by atoms with van der Waals surface area (Å²) in [6.07, 6.45) is -1.14. The predicted octanol–water partition coefficient (Wildman–Crippen LogP) is 5.49. The summed E-state index contributed by atoms with van der Waals surface area (Å²) in [5.74, 6) is -1.36. The Balaban J connectivity index is 1.84. The molecule has 37 heavy (non-hydrogen) atoms. The lowest BCUT2D eigenvalue weighted by molar-refractivity contribution is 0.0293. The van der Waals surface area contributed by atoms with Crippen LogP contribution in [0.3, 0.4) is 0 Å². The number of benzene rings is 1. The van der Waals surface area contributed by atoms with E-state index in [-0.39, 0.29) is 22.6 Å². The number of ether oxygens (including phenoxy) is 2. The molecule has 10 nitrogen and oxygen atoms in total. The third-order valence-electron chi connectivity index (χ3n) is 4.93. The van der Waals surface area contributed by atoms with E-state index in [9.17, 15) is 18.0 Å². The van der Waals surface area contributed by atoms with Gasteiger partial charge in [-0.1, -0.05) is 11.6 Å². The number of likely N-dealkylation sites (tertiary alicyclic amines) is 1. The van der Waals surface area contributed by atoms with Crippen molar-refractivity contribution in [1.29, 1.82) is 0 Å². The van der Waals surface area contributed by atoms with Crippen molar-refractivity contribution in [2.45, 2.75) is 70.1 Å². The molecule has 1 aromatic heterocycles. The van der Waals surface area contributed by atoms with Gasteiger partial charge in [-0.05, 0) is 60.1 Å². The Hall–Kier alpha value is -2.64. The van der Waals surface area contributed by atoms with Gasteiger partial charge < -0.3 is 19.7 Å². The number of carbonyl (C=O) groups is 2.